The van der Waals surface area contributed by atoms with Crippen molar-refractivity contribution in [3.05, 3.63) is 57.4 Å². The fourth-order valence-electron chi connectivity index (χ4n) is 4.34. The molecular weight excluding hydrogens is 422 g/mol. The summed E-state index contributed by atoms with van der Waals surface area (Å²) in [5, 5.41) is 7.57. The van der Waals surface area contributed by atoms with Crippen molar-refractivity contribution in [3.8, 4) is 0 Å². The quantitative estimate of drug-likeness (QED) is 0.569. The lowest BCUT2D eigenvalue weighted by Gasteiger charge is -2.36. The van der Waals surface area contributed by atoms with Crippen molar-refractivity contribution in [2.45, 2.75) is 32.9 Å². The highest BCUT2D eigenvalue weighted by atomic mass is 16.5. The molecule has 174 valence electrons. The molecule has 33 heavy (non-hydrogen) atoms. The molecule has 10 nitrogen and oxygen atoms in total. The molecule has 10 heteroatoms. The van der Waals surface area contributed by atoms with Crippen LogP contribution in [0.2, 0.25) is 0 Å². The molecule has 5 rings (SSSR count). The zero-order valence-corrected chi connectivity index (χ0v) is 19.0. The largest absolute Gasteiger partial charge is 0.377 e. The summed E-state index contributed by atoms with van der Waals surface area (Å²) in [6.45, 7) is 9.33. The molecule has 2 N–H and O–H groups in total. The Hall–Kier alpha value is -3.24. The normalized spacial score (nSPS) is 17.3. The second-order valence-electron chi connectivity index (χ2n) is 8.70. The summed E-state index contributed by atoms with van der Waals surface area (Å²) in [4.78, 5) is 36.5. The van der Waals surface area contributed by atoms with Gasteiger partial charge in [0.1, 0.15) is 11.3 Å². The van der Waals surface area contributed by atoms with Crippen molar-refractivity contribution in [1.29, 1.82) is 0 Å². The topological polar surface area (TPSA) is 108 Å². The number of amides is 1. The maximum Gasteiger partial charge on any atom is 0.270 e. The van der Waals surface area contributed by atoms with Crippen LogP contribution in [-0.4, -0.2) is 75.8 Å². The van der Waals surface area contributed by atoms with E-state index in [1.807, 2.05) is 32.2 Å². The van der Waals surface area contributed by atoms with Gasteiger partial charge in [0.25, 0.3) is 11.5 Å². The van der Waals surface area contributed by atoms with Crippen molar-refractivity contribution >= 4 is 17.2 Å². The number of hydrogen-bond acceptors (Lipinski definition) is 7. The van der Waals surface area contributed by atoms with Gasteiger partial charge in [0, 0.05) is 50.6 Å². The number of pyridine rings is 1. The first-order valence-electron chi connectivity index (χ1n) is 11.4. The Morgan fingerprint density at radius 2 is 2.03 bits per heavy atom. The molecule has 2 saturated heterocycles. The Morgan fingerprint density at radius 1 is 1.24 bits per heavy atom. The molecule has 3 aromatic heterocycles. The Kier molecular flexibility index (Phi) is 5.86. The molecule has 0 spiro atoms. The van der Waals surface area contributed by atoms with Gasteiger partial charge in [0.2, 0.25) is 0 Å². The minimum atomic E-state index is -0.150. The second-order valence-corrected chi connectivity index (χ2v) is 8.70. The van der Waals surface area contributed by atoms with E-state index < -0.39 is 0 Å². The van der Waals surface area contributed by atoms with Crippen LogP contribution in [0.4, 0.5) is 5.69 Å². The van der Waals surface area contributed by atoms with Gasteiger partial charge in [-0.2, -0.15) is 5.10 Å². The lowest BCUT2D eigenvalue weighted by atomic mass is 10.2. The summed E-state index contributed by atoms with van der Waals surface area (Å²) in [6, 6.07) is 5.83. The minimum absolute atomic E-state index is 0.0467. The predicted octanol–water partition coefficient (Wildman–Crippen LogP) is 0.739. The molecule has 1 amide bonds. The number of hydrogen-bond donors (Lipinski definition) is 2. The SMILES string of the molecule is CCc1cn2nc(CN3CCN(c4ccc(C(=O)NC5COC5)nc4C)CC3)cc2[nH]c1=O. The second kappa shape index (κ2) is 8.95. The number of fused-ring (bicyclic) bond motifs is 1. The summed E-state index contributed by atoms with van der Waals surface area (Å²) < 4.78 is 6.86. The van der Waals surface area contributed by atoms with Crippen molar-refractivity contribution in [3.63, 3.8) is 0 Å². The van der Waals surface area contributed by atoms with Crippen molar-refractivity contribution < 1.29 is 9.53 Å². The van der Waals surface area contributed by atoms with E-state index in [2.05, 4.69) is 30.2 Å². The van der Waals surface area contributed by atoms with Gasteiger partial charge in [0.05, 0.1) is 36.3 Å². The van der Waals surface area contributed by atoms with Crippen LogP contribution in [0.15, 0.2) is 29.2 Å². The summed E-state index contributed by atoms with van der Waals surface area (Å²) >= 11 is 0. The van der Waals surface area contributed by atoms with Gasteiger partial charge in [-0.05, 0) is 25.5 Å². The zero-order chi connectivity index (χ0) is 22.9. The van der Waals surface area contributed by atoms with Crippen LogP contribution in [0.25, 0.3) is 5.65 Å². The number of nitrogens with zero attached hydrogens (tertiary/aromatic N) is 5. The molecule has 0 bridgehead atoms. The van der Waals surface area contributed by atoms with E-state index in [0.29, 0.717) is 25.3 Å². The number of aryl methyl sites for hydroxylation is 2. The van der Waals surface area contributed by atoms with Crippen LogP contribution >= 0.6 is 0 Å². The lowest BCUT2D eigenvalue weighted by molar-refractivity contribution is -0.00355. The first-order chi connectivity index (χ1) is 16.0. The summed E-state index contributed by atoms with van der Waals surface area (Å²) in [5.74, 6) is -0.150. The molecule has 2 fully saturated rings. The number of carbonyl (C=O) groups is 1. The van der Waals surface area contributed by atoms with Gasteiger partial charge in [-0.3, -0.25) is 14.5 Å². The standard InChI is InChI=1S/C23H29N7O3/c1-3-16-11-30-21(26-22(16)31)10-17(27-30)12-28-6-8-29(9-7-28)20-5-4-19(24-15(20)2)23(32)25-18-13-33-14-18/h4-5,10-11,18H,3,6-9,12-14H2,1-2H3,(H,25,32)(H,26,31). The summed E-state index contributed by atoms with van der Waals surface area (Å²) in [7, 11) is 0. The van der Waals surface area contributed by atoms with E-state index in [-0.39, 0.29) is 17.5 Å². The lowest BCUT2D eigenvalue weighted by Crippen LogP contribution is -2.48. The fraction of sp³-hybridized carbons (Fsp3) is 0.478. The van der Waals surface area contributed by atoms with E-state index in [9.17, 15) is 9.59 Å². The smallest absolute Gasteiger partial charge is 0.270 e. The highest BCUT2D eigenvalue weighted by Crippen LogP contribution is 2.21. The number of aromatic nitrogens is 4. The molecule has 2 aliphatic heterocycles. The zero-order valence-electron chi connectivity index (χ0n) is 19.0. The van der Waals surface area contributed by atoms with Gasteiger partial charge in [-0.1, -0.05) is 6.92 Å². The molecule has 0 radical (unpaired) electrons. The molecular formula is C23H29N7O3. The van der Waals surface area contributed by atoms with Crippen LogP contribution in [0.3, 0.4) is 0 Å². The van der Waals surface area contributed by atoms with Crippen LogP contribution in [0, 0.1) is 6.92 Å². The molecule has 0 saturated carbocycles. The number of rotatable bonds is 6. The molecule has 0 atom stereocenters. The number of piperazine rings is 1. The van der Waals surface area contributed by atoms with Crippen molar-refractivity contribution in [2.24, 2.45) is 0 Å². The van der Waals surface area contributed by atoms with Gasteiger partial charge in [0.15, 0.2) is 0 Å². The van der Waals surface area contributed by atoms with Crippen molar-refractivity contribution in [1.82, 2.24) is 29.8 Å². The number of anilines is 1. The number of nitrogens with one attached hydrogen (secondary N) is 2. The Morgan fingerprint density at radius 3 is 2.70 bits per heavy atom. The van der Waals surface area contributed by atoms with Gasteiger partial charge in [-0.25, -0.2) is 9.50 Å². The van der Waals surface area contributed by atoms with Crippen LogP contribution in [0.1, 0.15) is 34.4 Å². The summed E-state index contributed by atoms with van der Waals surface area (Å²) in [5.41, 5.74) is 4.72. The Labute approximate surface area is 191 Å². The Bertz CT molecular complexity index is 1220. The molecule has 5 heterocycles. The molecule has 0 aliphatic carbocycles. The number of aromatic amines is 1. The van der Waals surface area contributed by atoms with E-state index in [1.54, 1.807) is 10.6 Å². The van der Waals surface area contributed by atoms with E-state index in [1.165, 1.54) is 0 Å². The highest BCUT2D eigenvalue weighted by molar-refractivity contribution is 5.93. The maximum atomic E-state index is 12.3. The first kappa shape index (κ1) is 21.6. The van der Waals surface area contributed by atoms with E-state index in [0.717, 1.165) is 61.0 Å². The monoisotopic (exact) mass is 451 g/mol. The molecule has 3 aromatic rings. The van der Waals surface area contributed by atoms with Crippen LogP contribution in [0.5, 0.6) is 0 Å². The number of carbonyl (C=O) groups excluding carboxylic acids is 1. The average Bonchev–Trinajstić information content (AvgIpc) is 3.17. The van der Waals surface area contributed by atoms with Crippen molar-refractivity contribution in [2.75, 3.05) is 44.3 Å². The minimum Gasteiger partial charge on any atom is -0.377 e. The van der Waals surface area contributed by atoms with Gasteiger partial charge < -0.3 is 19.9 Å². The number of H-pyrrole nitrogens is 1. The van der Waals surface area contributed by atoms with Gasteiger partial charge in [-0.15, -0.1) is 0 Å². The van der Waals surface area contributed by atoms with Crippen LogP contribution < -0.4 is 15.8 Å². The predicted molar refractivity (Wildman–Crippen MR) is 124 cm³/mol. The first-order valence-corrected chi connectivity index (χ1v) is 11.4. The molecule has 2 aliphatic rings. The third-order valence-corrected chi connectivity index (χ3v) is 6.34. The maximum absolute atomic E-state index is 12.3. The fourth-order valence-corrected chi connectivity index (χ4v) is 4.34. The number of ether oxygens (including phenoxy) is 1. The van der Waals surface area contributed by atoms with E-state index >= 15 is 0 Å². The Balaban J connectivity index is 1.20. The van der Waals surface area contributed by atoms with Gasteiger partial charge >= 0.3 is 0 Å². The van der Waals surface area contributed by atoms with E-state index in [4.69, 9.17) is 4.74 Å². The third kappa shape index (κ3) is 4.49. The van der Waals surface area contributed by atoms with Crippen LogP contribution in [-0.2, 0) is 17.7 Å². The molecule has 0 unspecified atom stereocenters. The average molecular weight is 452 g/mol. The molecule has 0 aromatic carbocycles. The summed E-state index contributed by atoms with van der Waals surface area (Å²) in [6.07, 6.45) is 2.49. The highest BCUT2D eigenvalue weighted by Gasteiger charge is 2.23. The third-order valence-electron chi connectivity index (χ3n) is 6.34.